The summed E-state index contributed by atoms with van der Waals surface area (Å²) in [5.41, 5.74) is 2.61. The molecule has 0 radical (unpaired) electrons. The molecule has 0 amide bonds. The van der Waals surface area contributed by atoms with E-state index in [1.165, 1.54) is 4.88 Å². The van der Waals surface area contributed by atoms with Crippen LogP contribution in [0.3, 0.4) is 0 Å². The highest BCUT2D eigenvalue weighted by Gasteiger charge is 2.03. The number of thiophene rings is 1. The topological polar surface area (TPSA) is 37.3 Å². The van der Waals surface area contributed by atoms with Crippen molar-refractivity contribution in [3.05, 3.63) is 57.3 Å². The zero-order valence-corrected chi connectivity index (χ0v) is 12.5. The number of carbonyl (C=O) groups is 1. The van der Waals surface area contributed by atoms with E-state index in [2.05, 4.69) is 0 Å². The summed E-state index contributed by atoms with van der Waals surface area (Å²) in [6, 6.07) is 7.81. The van der Waals surface area contributed by atoms with Gasteiger partial charge < -0.3 is 5.11 Å². The molecule has 0 aliphatic rings. The number of carbonyl (C=O) groups excluding carboxylic acids is 1. The third-order valence-electron chi connectivity index (χ3n) is 3.17. The summed E-state index contributed by atoms with van der Waals surface area (Å²) < 4.78 is 0. The van der Waals surface area contributed by atoms with Gasteiger partial charge in [-0.2, -0.15) is 0 Å². The number of rotatable bonds is 5. The molecule has 0 aliphatic carbocycles. The Morgan fingerprint density at radius 2 is 2.00 bits per heavy atom. The fraction of sp³-hybridized carbons (Fsp3) is 0.235. The van der Waals surface area contributed by atoms with Crippen LogP contribution in [0, 0.1) is 13.8 Å². The Hall–Kier alpha value is -1.87. The van der Waals surface area contributed by atoms with E-state index in [4.69, 9.17) is 0 Å². The van der Waals surface area contributed by atoms with Gasteiger partial charge in [0.2, 0.25) is 0 Å². The predicted octanol–water partition coefficient (Wildman–Crippen LogP) is 4.29. The zero-order valence-electron chi connectivity index (χ0n) is 11.7. The number of phenolic OH excluding ortho intramolecular Hbond substituents is 1. The maximum Gasteiger partial charge on any atom is 0.156 e. The van der Waals surface area contributed by atoms with Gasteiger partial charge in [0.05, 0.1) is 0 Å². The van der Waals surface area contributed by atoms with Crippen LogP contribution in [0.15, 0.2) is 35.7 Å². The van der Waals surface area contributed by atoms with E-state index >= 15 is 0 Å². The molecule has 0 atom stereocenters. The highest BCUT2D eigenvalue weighted by atomic mass is 32.1. The molecule has 3 heteroatoms. The molecule has 0 unspecified atom stereocenters. The maximum atomic E-state index is 11.8. The molecule has 0 fully saturated rings. The van der Waals surface area contributed by atoms with E-state index in [1.54, 1.807) is 17.4 Å². The molecule has 1 heterocycles. The summed E-state index contributed by atoms with van der Waals surface area (Å²) in [4.78, 5) is 13.1. The number of allylic oxidation sites excluding steroid dienone is 1. The first-order valence-corrected chi connectivity index (χ1v) is 7.48. The van der Waals surface area contributed by atoms with Gasteiger partial charge in [0.25, 0.3) is 0 Å². The van der Waals surface area contributed by atoms with Gasteiger partial charge >= 0.3 is 0 Å². The van der Waals surface area contributed by atoms with Crippen LogP contribution >= 0.6 is 11.3 Å². The van der Waals surface area contributed by atoms with Crippen molar-refractivity contribution in [2.45, 2.75) is 26.7 Å². The number of ketones is 1. The molecule has 0 spiro atoms. The molecule has 1 aromatic carbocycles. The second-order valence-corrected chi connectivity index (χ2v) is 5.91. The molecule has 1 N–H and O–H groups in total. The van der Waals surface area contributed by atoms with E-state index < -0.39 is 0 Å². The van der Waals surface area contributed by atoms with E-state index in [9.17, 15) is 9.90 Å². The fourth-order valence-corrected chi connectivity index (χ4v) is 2.77. The maximum absolute atomic E-state index is 11.8. The summed E-state index contributed by atoms with van der Waals surface area (Å²) in [6.45, 7) is 3.72. The van der Waals surface area contributed by atoms with Gasteiger partial charge in [0, 0.05) is 11.3 Å². The van der Waals surface area contributed by atoms with E-state index in [-0.39, 0.29) is 5.78 Å². The van der Waals surface area contributed by atoms with Crippen molar-refractivity contribution in [1.29, 1.82) is 0 Å². The van der Waals surface area contributed by atoms with Crippen LogP contribution in [0.25, 0.3) is 6.08 Å². The Morgan fingerprint density at radius 1 is 1.30 bits per heavy atom. The Labute approximate surface area is 123 Å². The quantitative estimate of drug-likeness (QED) is 0.833. The molecule has 0 saturated carbocycles. The largest absolute Gasteiger partial charge is 0.507 e. The smallest absolute Gasteiger partial charge is 0.156 e. The lowest BCUT2D eigenvalue weighted by Crippen LogP contribution is -1.94. The van der Waals surface area contributed by atoms with Crippen LogP contribution in [0.1, 0.15) is 28.0 Å². The number of hydrogen-bond donors (Lipinski definition) is 1. The molecule has 2 aromatic rings. The number of phenols is 1. The van der Waals surface area contributed by atoms with Crippen molar-refractivity contribution in [3.63, 3.8) is 0 Å². The fourth-order valence-electron chi connectivity index (χ4n) is 2.06. The summed E-state index contributed by atoms with van der Waals surface area (Å²) >= 11 is 1.68. The van der Waals surface area contributed by atoms with Gasteiger partial charge in [-0.1, -0.05) is 12.1 Å². The molecule has 2 nitrogen and oxygen atoms in total. The van der Waals surface area contributed by atoms with E-state index in [1.807, 2.05) is 49.6 Å². The van der Waals surface area contributed by atoms with E-state index in [0.29, 0.717) is 12.2 Å². The van der Waals surface area contributed by atoms with Crippen LogP contribution in [0.4, 0.5) is 0 Å². The molecule has 20 heavy (non-hydrogen) atoms. The Balaban J connectivity index is 1.96. The van der Waals surface area contributed by atoms with Crippen LogP contribution in [0.5, 0.6) is 5.75 Å². The summed E-state index contributed by atoms with van der Waals surface area (Å²) in [5.74, 6) is 0.452. The van der Waals surface area contributed by atoms with Gasteiger partial charge in [-0.05, 0) is 66.6 Å². The third-order valence-corrected chi connectivity index (χ3v) is 4.11. The minimum Gasteiger partial charge on any atom is -0.507 e. The minimum absolute atomic E-state index is 0.127. The van der Waals surface area contributed by atoms with Gasteiger partial charge in [0.15, 0.2) is 5.78 Å². The molecule has 104 valence electrons. The second-order valence-electron chi connectivity index (χ2n) is 4.88. The van der Waals surface area contributed by atoms with Crippen molar-refractivity contribution in [3.8, 4) is 5.75 Å². The predicted molar refractivity (Wildman–Crippen MR) is 84.3 cm³/mol. The highest BCUT2D eigenvalue weighted by molar-refractivity contribution is 7.09. The standard InChI is InChI=1S/C17H18O2S/c1-12-10-14(11-13(2)17(12)19)5-6-15(18)7-8-16-4-3-9-20-16/h3-6,9-11,19H,7-8H2,1-2H3. The minimum atomic E-state index is 0.127. The molecule has 0 bridgehead atoms. The lowest BCUT2D eigenvalue weighted by molar-refractivity contribution is -0.114. The summed E-state index contributed by atoms with van der Waals surface area (Å²) in [5, 5.41) is 11.7. The summed E-state index contributed by atoms with van der Waals surface area (Å²) in [7, 11) is 0. The number of aryl methyl sites for hydroxylation is 3. The molecule has 1 aromatic heterocycles. The molecule has 2 rings (SSSR count). The first-order chi connectivity index (χ1) is 9.56. The second kappa shape index (κ2) is 6.53. The summed E-state index contributed by atoms with van der Waals surface area (Å²) in [6.07, 6.45) is 4.77. The van der Waals surface area contributed by atoms with Crippen molar-refractivity contribution in [2.75, 3.05) is 0 Å². The van der Waals surface area contributed by atoms with Crippen LogP contribution in [0.2, 0.25) is 0 Å². The SMILES string of the molecule is Cc1cc(C=CC(=O)CCc2cccs2)cc(C)c1O. The molecule has 0 aliphatic heterocycles. The van der Waals surface area contributed by atoms with Gasteiger partial charge in [-0.25, -0.2) is 0 Å². The van der Waals surface area contributed by atoms with Crippen LogP contribution in [-0.4, -0.2) is 10.9 Å². The average molecular weight is 286 g/mol. The monoisotopic (exact) mass is 286 g/mol. The number of hydrogen-bond acceptors (Lipinski definition) is 3. The van der Waals surface area contributed by atoms with Crippen molar-refractivity contribution in [1.82, 2.24) is 0 Å². The van der Waals surface area contributed by atoms with Crippen molar-refractivity contribution in [2.24, 2.45) is 0 Å². The normalized spacial score (nSPS) is 11.1. The van der Waals surface area contributed by atoms with Crippen molar-refractivity contribution < 1.29 is 9.90 Å². The average Bonchev–Trinajstić information content (AvgIpc) is 2.93. The molecular weight excluding hydrogens is 268 g/mol. The number of benzene rings is 1. The van der Waals surface area contributed by atoms with E-state index in [0.717, 1.165) is 23.1 Å². The Kier molecular flexibility index (Phi) is 4.74. The van der Waals surface area contributed by atoms with Crippen molar-refractivity contribution >= 4 is 23.2 Å². The number of aromatic hydroxyl groups is 1. The van der Waals surface area contributed by atoms with Gasteiger partial charge in [-0.3, -0.25) is 4.79 Å². The molecule has 0 saturated heterocycles. The Morgan fingerprint density at radius 3 is 2.60 bits per heavy atom. The first-order valence-electron chi connectivity index (χ1n) is 6.60. The molecular formula is C17H18O2S. The lowest BCUT2D eigenvalue weighted by Gasteiger charge is -2.04. The zero-order chi connectivity index (χ0) is 14.5. The van der Waals surface area contributed by atoms with Gasteiger partial charge in [0.1, 0.15) is 5.75 Å². The first kappa shape index (κ1) is 14.5. The van der Waals surface area contributed by atoms with Crippen LogP contribution in [-0.2, 0) is 11.2 Å². The Bertz CT molecular complexity index is 601. The third kappa shape index (κ3) is 3.81. The van der Waals surface area contributed by atoms with Gasteiger partial charge in [-0.15, -0.1) is 11.3 Å². The lowest BCUT2D eigenvalue weighted by atomic mass is 10.0. The highest BCUT2D eigenvalue weighted by Crippen LogP contribution is 2.23. The van der Waals surface area contributed by atoms with Crippen LogP contribution < -0.4 is 0 Å².